The van der Waals surface area contributed by atoms with Gasteiger partial charge in [-0.15, -0.1) is 0 Å². The summed E-state index contributed by atoms with van der Waals surface area (Å²) in [5, 5.41) is 0. The zero-order chi connectivity index (χ0) is 20.9. The molecule has 0 spiro atoms. The number of benzene rings is 1. The van der Waals surface area contributed by atoms with Gasteiger partial charge >= 0.3 is 5.69 Å². The molecular weight excluding hydrogens is 382 g/mol. The molecule has 0 bridgehead atoms. The SMILES string of the molecule is O=C(Cn1c(=O)ccn(Cc2ccccc2)c1=O)N1CCN(c2cc[nH+]cc2)CC1. The highest BCUT2D eigenvalue weighted by atomic mass is 16.2. The first-order chi connectivity index (χ1) is 14.6. The summed E-state index contributed by atoms with van der Waals surface area (Å²) < 4.78 is 2.47. The van der Waals surface area contributed by atoms with Crippen molar-refractivity contribution >= 4 is 11.6 Å². The van der Waals surface area contributed by atoms with Gasteiger partial charge in [0.1, 0.15) is 6.54 Å². The smallest absolute Gasteiger partial charge is 0.331 e. The molecule has 1 amide bonds. The van der Waals surface area contributed by atoms with Crippen LogP contribution in [0.3, 0.4) is 0 Å². The summed E-state index contributed by atoms with van der Waals surface area (Å²) in [5.74, 6) is -0.215. The number of amides is 1. The normalized spacial score (nSPS) is 14.0. The first-order valence-electron chi connectivity index (χ1n) is 9.95. The van der Waals surface area contributed by atoms with Crippen molar-refractivity contribution in [2.24, 2.45) is 0 Å². The molecule has 2 aromatic heterocycles. The minimum Gasteiger partial charge on any atom is -0.368 e. The van der Waals surface area contributed by atoms with Gasteiger partial charge in [-0.2, -0.15) is 0 Å². The fourth-order valence-corrected chi connectivity index (χ4v) is 3.64. The van der Waals surface area contributed by atoms with Gasteiger partial charge in [0.2, 0.25) is 5.91 Å². The van der Waals surface area contributed by atoms with Crippen LogP contribution in [0, 0.1) is 0 Å². The number of carbonyl (C=O) groups excluding carboxylic acids is 1. The van der Waals surface area contributed by atoms with Crippen molar-refractivity contribution in [2.45, 2.75) is 13.1 Å². The molecule has 1 aliphatic heterocycles. The minimum absolute atomic E-state index is 0.215. The largest absolute Gasteiger partial charge is 0.368 e. The molecule has 0 saturated carbocycles. The quantitative estimate of drug-likeness (QED) is 0.607. The van der Waals surface area contributed by atoms with Crippen molar-refractivity contribution in [1.82, 2.24) is 14.0 Å². The molecule has 1 aromatic carbocycles. The topological polar surface area (TPSA) is 81.7 Å². The number of anilines is 1. The number of nitrogens with one attached hydrogen (secondary N) is 1. The maximum Gasteiger partial charge on any atom is 0.331 e. The summed E-state index contributed by atoms with van der Waals surface area (Å²) in [6.07, 6.45) is 5.22. The summed E-state index contributed by atoms with van der Waals surface area (Å²) in [7, 11) is 0. The van der Waals surface area contributed by atoms with Crippen molar-refractivity contribution in [3.63, 3.8) is 0 Å². The Morgan fingerprint density at radius 2 is 1.60 bits per heavy atom. The minimum atomic E-state index is -0.473. The maximum atomic E-state index is 12.8. The van der Waals surface area contributed by atoms with Gasteiger partial charge < -0.3 is 9.80 Å². The maximum absolute atomic E-state index is 12.8. The highest BCUT2D eigenvalue weighted by Crippen LogP contribution is 2.14. The monoisotopic (exact) mass is 406 g/mol. The molecule has 1 aliphatic rings. The Labute approximate surface area is 173 Å². The molecule has 1 N–H and O–H groups in total. The molecule has 0 aliphatic carbocycles. The van der Waals surface area contributed by atoms with Crippen LogP contribution in [-0.2, 0) is 17.9 Å². The summed E-state index contributed by atoms with van der Waals surface area (Å²) >= 11 is 0. The fraction of sp³-hybridized carbons (Fsp3) is 0.273. The Bertz CT molecular complexity index is 1120. The van der Waals surface area contributed by atoms with Crippen molar-refractivity contribution < 1.29 is 9.78 Å². The molecule has 3 heterocycles. The number of hydrogen-bond acceptors (Lipinski definition) is 4. The second-order valence-electron chi connectivity index (χ2n) is 7.26. The molecule has 4 rings (SSSR count). The van der Waals surface area contributed by atoms with Gasteiger partial charge in [-0.1, -0.05) is 30.3 Å². The lowest BCUT2D eigenvalue weighted by Gasteiger charge is -2.35. The third kappa shape index (κ3) is 4.32. The van der Waals surface area contributed by atoms with Gasteiger partial charge in [0.05, 0.1) is 6.54 Å². The highest BCUT2D eigenvalue weighted by molar-refractivity contribution is 5.76. The predicted molar refractivity (Wildman–Crippen MR) is 112 cm³/mol. The van der Waals surface area contributed by atoms with E-state index in [1.54, 1.807) is 4.90 Å². The van der Waals surface area contributed by atoms with Crippen LogP contribution in [0.5, 0.6) is 0 Å². The molecule has 154 valence electrons. The Morgan fingerprint density at radius 3 is 2.30 bits per heavy atom. The van der Waals surface area contributed by atoms with Crippen LogP contribution in [0.4, 0.5) is 5.69 Å². The number of pyridine rings is 1. The first kappa shape index (κ1) is 19.6. The van der Waals surface area contributed by atoms with E-state index in [1.807, 2.05) is 54.9 Å². The summed E-state index contributed by atoms with van der Waals surface area (Å²) in [6, 6.07) is 14.9. The van der Waals surface area contributed by atoms with Gasteiger partial charge in [-0.3, -0.25) is 18.7 Å². The van der Waals surface area contributed by atoms with Crippen molar-refractivity contribution in [3.05, 3.63) is 93.5 Å². The van der Waals surface area contributed by atoms with E-state index in [1.165, 1.54) is 16.8 Å². The number of hydrogen-bond donors (Lipinski definition) is 0. The second-order valence-corrected chi connectivity index (χ2v) is 7.26. The lowest BCUT2D eigenvalue weighted by Crippen LogP contribution is -2.51. The Kier molecular flexibility index (Phi) is 5.74. The van der Waals surface area contributed by atoms with Gasteiger partial charge in [0.25, 0.3) is 5.56 Å². The molecule has 0 atom stereocenters. The van der Waals surface area contributed by atoms with Crippen LogP contribution in [0.1, 0.15) is 5.56 Å². The van der Waals surface area contributed by atoms with Gasteiger partial charge in [-0.05, 0) is 5.56 Å². The van der Waals surface area contributed by atoms with Crippen molar-refractivity contribution in [3.8, 4) is 0 Å². The van der Waals surface area contributed by atoms with Crippen LogP contribution in [0.2, 0.25) is 0 Å². The zero-order valence-electron chi connectivity index (χ0n) is 16.6. The molecule has 30 heavy (non-hydrogen) atoms. The lowest BCUT2D eigenvalue weighted by atomic mass is 10.2. The van der Waals surface area contributed by atoms with Crippen LogP contribution in [0.15, 0.2) is 76.7 Å². The number of carbonyl (C=O) groups is 1. The van der Waals surface area contributed by atoms with Gasteiger partial charge in [0.15, 0.2) is 12.4 Å². The van der Waals surface area contributed by atoms with Crippen LogP contribution in [-0.4, -0.2) is 46.1 Å². The standard InChI is InChI=1S/C22H23N5O3/c28-20-8-11-26(16-18-4-2-1-3-5-18)22(30)27(20)17-21(29)25-14-12-24(13-15-25)19-6-9-23-10-7-19/h1-11H,12-17H2/p+1. The first-order valence-corrected chi connectivity index (χ1v) is 9.95. The molecular formula is C22H24N5O3+. The summed E-state index contributed by atoms with van der Waals surface area (Å²) in [4.78, 5) is 44.8. The van der Waals surface area contributed by atoms with Crippen LogP contribution in [0.25, 0.3) is 0 Å². The fourth-order valence-electron chi connectivity index (χ4n) is 3.64. The predicted octanol–water partition coefficient (Wildman–Crippen LogP) is 0.221. The van der Waals surface area contributed by atoms with E-state index in [4.69, 9.17) is 0 Å². The molecule has 1 saturated heterocycles. The highest BCUT2D eigenvalue weighted by Gasteiger charge is 2.22. The molecule has 0 unspecified atom stereocenters. The Balaban J connectivity index is 1.44. The Morgan fingerprint density at radius 1 is 0.900 bits per heavy atom. The van der Waals surface area contributed by atoms with E-state index in [-0.39, 0.29) is 12.5 Å². The van der Waals surface area contributed by atoms with E-state index in [0.717, 1.165) is 15.8 Å². The third-order valence-electron chi connectivity index (χ3n) is 5.33. The molecule has 8 heteroatoms. The van der Waals surface area contributed by atoms with Crippen molar-refractivity contribution in [2.75, 3.05) is 31.1 Å². The number of aromatic nitrogens is 3. The lowest BCUT2D eigenvalue weighted by molar-refractivity contribution is -0.377. The number of H-pyrrole nitrogens is 1. The summed E-state index contributed by atoms with van der Waals surface area (Å²) in [6.45, 7) is 2.62. The molecule has 0 radical (unpaired) electrons. The van der Waals surface area contributed by atoms with Crippen LogP contribution >= 0.6 is 0 Å². The zero-order valence-corrected chi connectivity index (χ0v) is 16.6. The Hall–Kier alpha value is -3.68. The van der Waals surface area contributed by atoms with E-state index >= 15 is 0 Å². The van der Waals surface area contributed by atoms with Crippen molar-refractivity contribution in [1.29, 1.82) is 0 Å². The number of piperazine rings is 1. The second kappa shape index (κ2) is 8.77. The average Bonchev–Trinajstić information content (AvgIpc) is 2.80. The van der Waals surface area contributed by atoms with E-state index < -0.39 is 11.2 Å². The van der Waals surface area contributed by atoms with Crippen LogP contribution < -0.4 is 21.1 Å². The number of nitrogens with zero attached hydrogens (tertiary/aromatic N) is 4. The van der Waals surface area contributed by atoms with Gasteiger partial charge in [-0.25, -0.2) is 9.78 Å². The molecule has 3 aromatic rings. The van der Waals surface area contributed by atoms with E-state index in [0.29, 0.717) is 32.7 Å². The average molecular weight is 406 g/mol. The van der Waals surface area contributed by atoms with Gasteiger partial charge in [0, 0.05) is 56.3 Å². The van der Waals surface area contributed by atoms with E-state index in [9.17, 15) is 14.4 Å². The number of aromatic amines is 1. The third-order valence-corrected chi connectivity index (χ3v) is 5.33. The summed E-state index contributed by atoms with van der Waals surface area (Å²) in [5.41, 5.74) is 1.12. The molecule has 1 fully saturated rings. The molecule has 8 nitrogen and oxygen atoms in total. The van der Waals surface area contributed by atoms with E-state index in [2.05, 4.69) is 9.88 Å². The number of rotatable bonds is 5.